The van der Waals surface area contributed by atoms with Gasteiger partial charge in [0.15, 0.2) is 5.82 Å². The van der Waals surface area contributed by atoms with Crippen molar-refractivity contribution in [1.82, 2.24) is 29.4 Å². The van der Waals surface area contributed by atoms with Crippen LogP contribution in [-0.2, 0) is 10.0 Å². The summed E-state index contributed by atoms with van der Waals surface area (Å²) in [5, 5.41) is 13.3. The van der Waals surface area contributed by atoms with Gasteiger partial charge in [-0.2, -0.15) is 13.2 Å². The molecule has 5 rings (SSSR count). The molecule has 49 heavy (non-hydrogen) atoms. The zero-order valence-corrected chi connectivity index (χ0v) is 28.6. The fourth-order valence-electron chi connectivity index (χ4n) is 6.05. The van der Waals surface area contributed by atoms with Crippen molar-refractivity contribution in [3.05, 3.63) is 53.4 Å². The van der Waals surface area contributed by atoms with E-state index in [-0.39, 0.29) is 59.1 Å². The third kappa shape index (κ3) is 8.20. The highest BCUT2D eigenvalue weighted by Crippen LogP contribution is 2.59. The molecule has 0 bridgehead atoms. The van der Waals surface area contributed by atoms with Crippen LogP contribution < -0.4 is 14.4 Å². The molecule has 1 saturated heterocycles. The van der Waals surface area contributed by atoms with E-state index in [0.29, 0.717) is 18.9 Å². The lowest BCUT2D eigenvalue weighted by Crippen LogP contribution is -2.41. The lowest BCUT2D eigenvalue weighted by molar-refractivity contribution is -0.190. The van der Waals surface area contributed by atoms with E-state index in [0.717, 1.165) is 25.5 Å². The molecule has 0 spiro atoms. The van der Waals surface area contributed by atoms with Crippen molar-refractivity contribution in [2.24, 2.45) is 11.3 Å². The van der Waals surface area contributed by atoms with Crippen LogP contribution in [0.5, 0.6) is 5.88 Å². The molecule has 1 unspecified atom stereocenters. The Kier molecular flexibility index (Phi) is 10.1. The first-order chi connectivity index (χ1) is 22.9. The number of nitrogens with one attached hydrogen (secondary N) is 1. The van der Waals surface area contributed by atoms with Crippen LogP contribution in [0.15, 0.2) is 47.6 Å². The second-order valence-electron chi connectivity index (χ2n) is 13.1. The largest absolute Gasteiger partial charge is 0.477 e. The number of halogens is 4. The molecule has 0 radical (unpaired) electrons. The van der Waals surface area contributed by atoms with Gasteiger partial charge < -0.3 is 19.6 Å². The maximum absolute atomic E-state index is 13.1. The van der Waals surface area contributed by atoms with Crippen LogP contribution in [0.2, 0.25) is 5.15 Å². The third-order valence-electron chi connectivity index (χ3n) is 9.11. The standard InChI is InChI=1S/C31H37ClF3N7O6S/c1-29(2)17-20(19-41(29)28(44)45)5-4-14-40(3)23-8-6-21(18-36-23)49(46,47)39-27(43)22-7-9-24(37-26(22)32)42-15-10-25(38-42)48-16-13-30(11-12-30)31(33,34)35/h6-10,15,18,20H,4-5,11-14,16-17,19H2,1-3H3,(H,39,43)(H,44,45). The highest BCUT2D eigenvalue weighted by atomic mass is 35.5. The SMILES string of the molecule is CN(CCCC1CN(C(=O)O)C(C)(C)C1)c1ccc(S(=O)(=O)NC(=O)c2ccc(-n3ccc(OCCC4(C(F)(F)F)CC4)n3)nc2Cl)cn1. The van der Waals surface area contributed by atoms with Gasteiger partial charge in [0.25, 0.3) is 15.9 Å². The van der Waals surface area contributed by atoms with E-state index in [2.05, 4.69) is 15.1 Å². The Morgan fingerprint density at radius 1 is 1.18 bits per heavy atom. The molecule has 3 aromatic heterocycles. The number of carbonyl (C=O) groups excluding carboxylic acids is 1. The second kappa shape index (κ2) is 13.7. The average Bonchev–Trinajstić information content (AvgIpc) is 3.56. The summed E-state index contributed by atoms with van der Waals surface area (Å²) in [5.74, 6) is -0.0100. The van der Waals surface area contributed by atoms with Crippen LogP contribution in [0.1, 0.15) is 62.7 Å². The molecule has 1 atom stereocenters. The van der Waals surface area contributed by atoms with Gasteiger partial charge in [-0.05, 0) is 82.6 Å². The first kappa shape index (κ1) is 36.2. The quantitative estimate of drug-likeness (QED) is 0.214. The van der Waals surface area contributed by atoms with E-state index in [1.165, 1.54) is 46.1 Å². The third-order valence-corrected chi connectivity index (χ3v) is 10.7. The summed E-state index contributed by atoms with van der Waals surface area (Å²) >= 11 is 6.22. The van der Waals surface area contributed by atoms with Crippen molar-refractivity contribution in [1.29, 1.82) is 0 Å². The highest BCUT2D eigenvalue weighted by Gasteiger charge is 2.62. The normalized spacial score (nSPS) is 18.3. The van der Waals surface area contributed by atoms with Crippen molar-refractivity contribution in [2.45, 2.75) is 69.0 Å². The summed E-state index contributed by atoms with van der Waals surface area (Å²) in [6.45, 7) is 4.80. The predicted molar refractivity (Wildman–Crippen MR) is 173 cm³/mol. The van der Waals surface area contributed by atoms with Gasteiger partial charge in [0.1, 0.15) is 15.9 Å². The fraction of sp³-hybridized carbons (Fsp3) is 0.516. The predicted octanol–water partition coefficient (Wildman–Crippen LogP) is 5.54. The van der Waals surface area contributed by atoms with Crippen LogP contribution in [0, 0.1) is 11.3 Å². The van der Waals surface area contributed by atoms with E-state index in [4.69, 9.17) is 16.3 Å². The fourth-order valence-corrected chi connectivity index (χ4v) is 7.20. The number of carbonyl (C=O) groups is 2. The van der Waals surface area contributed by atoms with Gasteiger partial charge in [-0.3, -0.25) is 4.79 Å². The van der Waals surface area contributed by atoms with Crippen LogP contribution in [-0.4, -0.2) is 88.6 Å². The van der Waals surface area contributed by atoms with E-state index in [1.54, 1.807) is 0 Å². The van der Waals surface area contributed by atoms with E-state index in [9.17, 15) is 36.3 Å². The van der Waals surface area contributed by atoms with Crippen molar-refractivity contribution in [3.63, 3.8) is 0 Å². The van der Waals surface area contributed by atoms with Crippen molar-refractivity contribution < 1.29 is 41.0 Å². The minimum absolute atomic E-state index is 0.0804. The number of hydrogen-bond acceptors (Lipinski definition) is 9. The van der Waals surface area contributed by atoms with Gasteiger partial charge in [0.2, 0.25) is 5.88 Å². The molecular weight excluding hydrogens is 691 g/mol. The van der Waals surface area contributed by atoms with Crippen LogP contribution >= 0.6 is 11.6 Å². The number of sulfonamides is 1. The maximum Gasteiger partial charge on any atom is 0.407 e. The number of amides is 2. The number of nitrogens with zero attached hydrogens (tertiary/aromatic N) is 6. The molecule has 1 aliphatic carbocycles. The van der Waals surface area contributed by atoms with Gasteiger partial charge in [-0.15, -0.1) is 5.10 Å². The maximum atomic E-state index is 13.1. The van der Waals surface area contributed by atoms with E-state index < -0.39 is 39.2 Å². The minimum Gasteiger partial charge on any atom is -0.477 e. The average molecular weight is 728 g/mol. The van der Waals surface area contributed by atoms with Crippen LogP contribution in [0.3, 0.4) is 0 Å². The summed E-state index contributed by atoms with van der Waals surface area (Å²) in [7, 11) is -2.51. The van der Waals surface area contributed by atoms with Crippen molar-refractivity contribution in [2.75, 3.05) is 31.6 Å². The van der Waals surface area contributed by atoms with Crippen LogP contribution in [0.25, 0.3) is 5.82 Å². The number of hydrogen-bond donors (Lipinski definition) is 2. The number of alkyl halides is 3. The number of ether oxygens (including phenoxy) is 1. The zero-order chi connectivity index (χ0) is 35.8. The summed E-state index contributed by atoms with van der Waals surface area (Å²) < 4.78 is 73.9. The van der Waals surface area contributed by atoms with Crippen LogP contribution in [0.4, 0.5) is 23.8 Å². The Bertz CT molecular complexity index is 1800. The first-order valence-corrected chi connectivity index (χ1v) is 17.4. The molecule has 3 aromatic rings. The minimum atomic E-state index is -4.33. The van der Waals surface area contributed by atoms with Gasteiger partial charge in [0.05, 0.1) is 17.6 Å². The number of rotatable bonds is 13. The topological polar surface area (TPSA) is 160 Å². The van der Waals surface area contributed by atoms with Gasteiger partial charge in [-0.1, -0.05) is 11.6 Å². The van der Waals surface area contributed by atoms with E-state index >= 15 is 0 Å². The lowest BCUT2D eigenvalue weighted by atomic mass is 9.93. The molecule has 13 nitrogen and oxygen atoms in total. The molecule has 2 amide bonds. The Morgan fingerprint density at radius 3 is 2.51 bits per heavy atom. The second-order valence-corrected chi connectivity index (χ2v) is 15.1. The van der Waals surface area contributed by atoms with Crippen molar-refractivity contribution in [3.8, 4) is 11.7 Å². The first-order valence-electron chi connectivity index (χ1n) is 15.6. The number of likely N-dealkylation sites (tertiary alicyclic amines) is 1. The Morgan fingerprint density at radius 2 is 1.92 bits per heavy atom. The van der Waals surface area contributed by atoms with Gasteiger partial charge >= 0.3 is 12.3 Å². The molecule has 18 heteroatoms. The molecule has 266 valence electrons. The lowest BCUT2D eigenvalue weighted by Gasteiger charge is -2.28. The summed E-state index contributed by atoms with van der Waals surface area (Å²) in [6.07, 6.45) is -0.198. The molecule has 1 saturated carbocycles. The van der Waals surface area contributed by atoms with Crippen molar-refractivity contribution >= 4 is 39.4 Å². The molecule has 2 fully saturated rings. The molecular formula is C31H37ClF3N7O6S. The zero-order valence-electron chi connectivity index (χ0n) is 27.1. The van der Waals surface area contributed by atoms with E-state index in [1.807, 2.05) is 30.5 Å². The smallest absolute Gasteiger partial charge is 0.407 e. The molecule has 4 heterocycles. The summed E-state index contributed by atoms with van der Waals surface area (Å²) in [4.78, 5) is 35.8. The Balaban J connectivity index is 1.12. The molecule has 2 N–H and O–H groups in total. The summed E-state index contributed by atoms with van der Waals surface area (Å²) in [5.41, 5.74) is -2.31. The van der Waals surface area contributed by atoms with Gasteiger partial charge in [-0.25, -0.2) is 32.6 Å². The highest BCUT2D eigenvalue weighted by molar-refractivity contribution is 7.90. The number of aromatic nitrogens is 4. The number of carboxylic acid groups (broad SMARTS) is 1. The molecule has 1 aliphatic heterocycles. The molecule has 0 aromatic carbocycles. The monoisotopic (exact) mass is 727 g/mol. The summed E-state index contributed by atoms with van der Waals surface area (Å²) in [6, 6.07) is 6.93. The number of anilines is 1. The van der Waals surface area contributed by atoms with Gasteiger partial charge in [0, 0.05) is 44.1 Å². The Labute approximate surface area is 286 Å². The molecule has 2 aliphatic rings. The number of pyridine rings is 2. The Hall–Kier alpha value is -4.12.